The van der Waals surface area contributed by atoms with Crippen LogP contribution in [0.25, 0.3) is 10.9 Å². The average molecular weight is 789 g/mol. The zero-order valence-corrected chi connectivity index (χ0v) is 31.6. The van der Waals surface area contributed by atoms with Gasteiger partial charge in [0.05, 0.1) is 29.4 Å². The summed E-state index contributed by atoms with van der Waals surface area (Å²) in [5.41, 5.74) is -0.741. The Morgan fingerprint density at radius 1 is 0.855 bits per heavy atom. The number of rotatable bonds is 4. The number of benzene rings is 1. The molecule has 20 heteroatoms. The van der Waals surface area contributed by atoms with E-state index in [-0.39, 0.29) is 25.1 Å². The van der Waals surface area contributed by atoms with Gasteiger partial charge in [-0.1, -0.05) is 18.2 Å². The van der Waals surface area contributed by atoms with Gasteiger partial charge in [-0.15, -0.1) is 11.8 Å². The number of H-pyrrole nitrogens is 1. The van der Waals surface area contributed by atoms with Crippen molar-refractivity contribution in [3.63, 3.8) is 0 Å². The van der Waals surface area contributed by atoms with Crippen molar-refractivity contribution in [3.05, 3.63) is 29.8 Å². The highest BCUT2D eigenvalue weighted by Gasteiger charge is 2.44. The summed E-state index contributed by atoms with van der Waals surface area (Å²) >= 11 is 1.08. The molecule has 0 saturated carbocycles. The van der Waals surface area contributed by atoms with Crippen molar-refractivity contribution in [3.8, 4) is 0 Å². The van der Waals surface area contributed by atoms with Crippen molar-refractivity contribution < 1.29 is 54.0 Å². The number of aromatic nitrogens is 1. The predicted molar refractivity (Wildman–Crippen MR) is 196 cm³/mol. The molecular weight excluding hydrogens is 740 g/mol. The van der Waals surface area contributed by atoms with E-state index < -0.39 is 114 Å². The minimum absolute atomic E-state index is 0.170. The number of aliphatic hydroxyl groups excluding tert-OH is 3. The summed E-state index contributed by atoms with van der Waals surface area (Å²) in [5.74, 6) is -6.26. The maximum Gasteiger partial charge on any atom is 0.246 e. The second-order valence-corrected chi connectivity index (χ2v) is 15.6. The van der Waals surface area contributed by atoms with Gasteiger partial charge in [0.25, 0.3) is 0 Å². The summed E-state index contributed by atoms with van der Waals surface area (Å²) in [4.78, 5) is 101. The molecule has 0 radical (unpaired) electrons. The van der Waals surface area contributed by atoms with E-state index in [1.54, 1.807) is 24.3 Å². The van der Waals surface area contributed by atoms with E-state index in [9.17, 15) is 54.0 Å². The lowest BCUT2D eigenvalue weighted by Crippen LogP contribution is -2.61. The first-order valence-electron chi connectivity index (χ1n) is 17.9. The average Bonchev–Trinajstić information content (AvgIpc) is 3.69. The summed E-state index contributed by atoms with van der Waals surface area (Å²) in [6.45, 7) is 4.02. The normalized spacial score (nSPS) is 30.8. The number of para-hydroxylation sites is 1. The number of nitrogens with one attached hydrogen (secondary N) is 7. The smallest absolute Gasteiger partial charge is 0.246 e. The highest BCUT2D eigenvalue weighted by molar-refractivity contribution is 7.99. The van der Waals surface area contributed by atoms with Crippen LogP contribution in [-0.2, 0) is 40.0 Å². The summed E-state index contributed by atoms with van der Waals surface area (Å²) in [5, 5.41) is 58.1. The molecule has 1 fully saturated rings. The Hall–Kier alpha value is -4.76. The number of carbonyl (C=O) groups excluding carboxylic acids is 7. The molecule has 0 aliphatic carbocycles. The quantitative estimate of drug-likeness (QED) is 0.143. The molecule has 1 aromatic heterocycles. The van der Waals surface area contributed by atoms with Crippen LogP contribution >= 0.6 is 11.8 Å². The zero-order valence-electron chi connectivity index (χ0n) is 30.8. The third kappa shape index (κ3) is 9.55. The van der Waals surface area contributed by atoms with Crippen LogP contribution in [0.2, 0.25) is 0 Å². The first-order valence-corrected chi connectivity index (χ1v) is 18.9. The summed E-state index contributed by atoms with van der Waals surface area (Å²) in [7, 11) is 0. The molecule has 19 nitrogen and oxygen atoms in total. The lowest BCUT2D eigenvalue weighted by Gasteiger charge is -2.31. The molecule has 11 N–H and O–H groups in total. The Kier molecular flexibility index (Phi) is 12.8. The molecule has 5 rings (SSSR count). The van der Waals surface area contributed by atoms with Crippen LogP contribution in [0.15, 0.2) is 29.3 Å². The van der Waals surface area contributed by atoms with E-state index in [0.29, 0.717) is 21.5 Å². The maximum absolute atomic E-state index is 14.3. The third-order valence-corrected chi connectivity index (χ3v) is 11.0. The summed E-state index contributed by atoms with van der Waals surface area (Å²) in [6, 6.07) is -2.86. The standard InChI is InChI=1S/C35H48N8O11S/c1-15-27(47)38-22-10-20-19-7-5-6-8-21(19)41-33(20)55-13-24(34(53)43-12-18(46)9-25(43)31(51)37-15)40-32(52)26(17(3)45)42-28(48)16(2)36-30(50)23(39-29(22)49)11-35(4,54)14-44/h5-8,15-18,22-26,41,44-46,54H,9-14H2,1-4H3,(H,36,50)(H,37,51)(H,38,47)(H,39,49)(H,40,52)(H,42,48)/t15-,16-,17-,18+,22-,23-,24+,25-,26+,35+/m0/s1. The Morgan fingerprint density at radius 3 is 2.16 bits per heavy atom. The van der Waals surface area contributed by atoms with Crippen molar-refractivity contribution in [1.29, 1.82) is 0 Å². The Bertz CT molecular complexity index is 1840. The van der Waals surface area contributed by atoms with Gasteiger partial charge in [0, 0.05) is 42.5 Å². The number of fused-ring (bicyclic) bond motifs is 5. The molecule has 3 aliphatic rings. The second kappa shape index (κ2) is 16.9. The number of hydrogen-bond acceptors (Lipinski definition) is 12. The molecule has 55 heavy (non-hydrogen) atoms. The van der Waals surface area contributed by atoms with E-state index in [0.717, 1.165) is 16.7 Å². The number of aliphatic hydroxyl groups is 4. The maximum atomic E-state index is 14.3. The van der Waals surface area contributed by atoms with Gasteiger partial charge in [0.15, 0.2) is 0 Å². The molecule has 0 unspecified atom stereocenters. The fourth-order valence-corrected chi connectivity index (χ4v) is 7.85. The van der Waals surface area contributed by atoms with Crippen LogP contribution in [0.4, 0.5) is 0 Å². The van der Waals surface area contributed by atoms with Gasteiger partial charge < -0.3 is 62.2 Å². The number of aromatic amines is 1. The Labute approximate surface area is 320 Å². The van der Waals surface area contributed by atoms with E-state index in [4.69, 9.17) is 0 Å². The third-order valence-electron chi connectivity index (χ3n) is 9.87. The molecule has 1 aromatic carbocycles. The van der Waals surface area contributed by atoms with Gasteiger partial charge in [0.1, 0.15) is 42.3 Å². The highest BCUT2D eigenvalue weighted by Crippen LogP contribution is 2.32. The summed E-state index contributed by atoms with van der Waals surface area (Å²) in [6.07, 6.45) is -3.53. The molecule has 0 spiro atoms. The van der Waals surface area contributed by atoms with Crippen LogP contribution in [0, 0.1) is 0 Å². The number of amides is 7. The van der Waals surface area contributed by atoms with Gasteiger partial charge in [-0.05, 0) is 39.3 Å². The highest BCUT2D eigenvalue weighted by atomic mass is 32.2. The lowest BCUT2D eigenvalue weighted by atomic mass is 9.96. The van der Waals surface area contributed by atoms with Crippen molar-refractivity contribution >= 4 is 64.0 Å². The van der Waals surface area contributed by atoms with Gasteiger partial charge in [-0.2, -0.15) is 0 Å². The van der Waals surface area contributed by atoms with E-state index >= 15 is 0 Å². The van der Waals surface area contributed by atoms with Gasteiger partial charge >= 0.3 is 0 Å². The van der Waals surface area contributed by atoms with Crippen LogP contribution in [0.3, 0.4) is 0 Å². The first-order chi connectivity index (χ1) is 25.9. The van der Waals surface area contributed by atoms with Crippen LogP contribution in [-0.4, -0.2) is 151 Å². The minimum atomic E-state index is -1.90. The van der Waals surface area contributed by atoms with Crippen molar-refractivity contribution in [1.82, 2.24) is 41.8 Å². The molecular formula is C35H48N8O11S. The number of hydrogen-bond donors (Lipinski definition) is 11. The zero-order chi connectivity index (χ0) is 40.4. The van der Waals surface area contributed by atoms with Crippen LogP contribution in [0.5, 0.6) is 0 Å². The second-order valence-electron chi connectivity index (χ2n) is 14.6. The molecule has 2 aromatic rings. The van der Waals surface area contributed by atoms with Crippen LogP contribution in [0.1, 0.15) is 46.1 Å². The number of nitrogens with zero attached hydrogens (tertiary/aromatic N) is 1. The van der Waals surface area contributed by atoms with Crippen molar-refractivity contribution in [2.24, 2.45) is 0 Å². The first kappa shape index (κ1) is 41.4. The van der Waals surface area contributed by atoms with Gasteiger partial charge in [0.2, 0.25) is 41.4 Å². The molecule has 10 atom stereocenters. The molecule has 7 amide bonds. The Morgan fingerprint density at radius 2 is 1.49 bits per heavy atom. The molecule has 4 heterocycles. The number of thioether (sulfide) groups is 1. The van der Waals surface area contributed by atoms with Crippen molar-refractivity contribution in [2.45, 2.75) is 112 Å². The van der Waals surface area contributed by atoms with Gasteiger partial charge in [-0.25, -0.2) is 0 Å². The Balaban J connectivity index is 1.69. The SMILES string of the molecule is C[C@@H]1NC(=O)[C@H](C[C@@](C)(O)CO)NC(=O)[C@@H]2Cc3c([nH]c4ccccc34)SC[C@@H](NC(=O)[C@@H]([C@H](C)O)NC1=O)C(=O)N1C[C@H](O)C[C@H]1C(=O)N[C@@H](C)C(=O)N2. The lowest BCUT2D eigenvalue weighted by molar-refractivity contribution is -0.142. The van der Waals surface area contributed by atoms with Gasteiger partial charge in [-0.3, -0.25) is 33.6 Å². The minimum Gasteiger partial charge on any atom is -0.393 e. The molecule has 3 aliphatic heterocycles. The topological polar surface area (TPSA) is 292 Å². The van der Waals surface area contributed by atoms with Crippen LogP contribution < -0.4 is 31.9 Å². The summed E-state index contributed by atoms with van der Waals surface area (Å²) < 4.78 is 0. The fraction of sp³-hybridized carbons (Fsp3) is 0.571. The van der Waals surface area contributed by atoms with E-state index in [2.05, 4.69) is 36.9 Å². The predicted octanol–water partition coefficient (Wildman–Crippen LogP) is -3.75. The molecule has 1 saturated heterocycles. The number of carbonyl (C=O) groups is 7. The van der Waals surface area contributed by atoms with E-state index in [1.807, 2.05) is 0 Å². The molecule has 2 bridgehead atoms. The largest absolute Gasteiger partial charge is 0.393 e. The molecule has 300 valence electrons. The van der Waals surface area contributed by atoms with Crippen molar-refractivity contribution in [2.75, 3.05) is 18.9 Å². The monoisotopic (exact) mass is 788 g/mol. The fourth-order valence-electron chi connectivity index (χ4n) is 6.74. The van der Waals surface area contributed by atoms with E-state index in [1.165, 1.54) is 27.7 Å².